The number of esters is 1. The minimum atomic E-state index is -0.491. The average Bonchev–Trinajstić information content (AvgIpc) is 2.60. The summed E-state index contributed by atoms with van der Waals surface area (Å²) in [5.41, 5.74) is 3.22. The first-order valence-electron chi connectivity index (χ1n) is 8.33. The van der Waals surface area contributed by atoms with Gasteiger partial charge < -0.3 is 10.1 Å². The lowest BCUT2D eigenvalue weighted by atomic mass is 10.2. The smallest absolute Gasteiger partial charge is 0.336 e. The maximum atomic E-state index is 12.1. The fourth-order valence-corrected chi connectivity index (χ4v) is 2.67. The van der Waals surface area contributed by atoms with Crippen molar-refractivity contribution in [3.63, 3.8) is 0 Å². The largest absolute Gasteiger partial charge is 0.423 e. The Morgan fingerprint density at radius 1 is 1.04 bits per heavy atom. The number of anilines is 2. The van der Waals surface area contributed by atoms with Crippen LogP contribution in [-0.2, 0) is 4.79 Å². The van der Waals surface area contributed by atoms with Crippen LogP contribution in [0.15, 0.2) is 60.7 Å². The van der Waals surface area contributed by atoms with Gasteiger partial charge in [-0.05, 0) is 49.8 Å². The van der Waals surface area contributed by atoms with E-state index in [1.165, 1.54) is 6.08 Å². The van der Waals surface area contributed by atoms with Gasteiger partial charge in [-0.2, -0.15) is 0 Å². The van der Waals surface area contributed by atoms with Crippen molar-refractivity contribution in [2.24, 2.45) is 0 Å². The van der Waals surface area contributed by atoms with Crippen molar-refractivity contribution in [2.75, 3.05) is 5.32 Å². The number of carbonyl (C=O) groups excluding carboxylic acids is 1. The topological polar surface area (TPSA) is 64.1 Å². The number of rotatable bonds is 5. The van der Waals surface area contributed by atoms with Gasteiger partial charge in [-0.25, -0.2) is 14.8 Å². The van der Waals surface area contributed by atoms with Crippen LogP contribution >= 0.6 is 11.6 Å². The number of carbonyl (C=O) groups is 1. The molecule has 1 N–H and O–H groups in total. The number of benzene rings is 2. The maximum Gasteiger partial charge on any atom is 0.336 e. The van der Waals surface area contributed by atoms with E-state index in [0.717, 1.165) is 22.6 Å². The number of nitrogens with one attached hydrogen (secondary N) is 1. The number of aromatic nitrogens is 2. The SMILES string of the molecule is Cc1cc(C)nc(Nc2cccc(OC(=O)/C=C/c3ccccc3Cl)c2)n1. The van der Waals surface area contributed by atoms with Crippen molar-refractivity contribution in [1.82, 2.24) is 9.97 Å². The Labute approximate surface area is 162 Å². The highest BCUT2D eigenvalue weighted by molar-refractivity contribution is 6.32. The summed E-state index contributed by atoms with van der Waals surface area (Å²) in [5, 5.41) is 3.69. The van der Waals surface area contributed by atoms with Crippen molar-refractivity contribution < 1.29 is 9.53 Å². The summed E-state index contributed by atoms with van der Waals surface area (Å²) in [4.78, 5) is 20.7. The molecule has 1 heterocycles. The minimum Gasteiger partial charge on any atom is -0.423 e. The van der Waals surface area contributed by atoms with Gasteiger partial charge in [0.15, 0.2) is 0 Å². The monoisotopic (exact) mass is 379 g/mol. The van der Waals surface area contributed by atoms with E-state index in [-0.39, 0.29) is 0 Å². The van der Waals surface area contributed by atoms with Crippen molar-refractivity contribution in [2.45, 2.75) is 13.8 Å². The van der Waals surface area contributed by atoms with Gasteiger partial charge >= 0.3 is 5.97 Å². The van der Waals surface area contributed by atoms with E-state index in [9.17, 15) is 4.79 Å². The number of nitrogens with zero attached hydrogens (tertiary/aromatic N) is 2. The van der Waals surface area contributed by atoms with Crippen LogP contribution in [-0.4, -0.2) is 15.9 Å². The van der Waals surface area contributed by atoms with E-state index in [4.69, 9.17) is 16.3 Å². The van der Waals surface area contributed by atoms with Crippen LogP contribution in [0.1, 0.15) is 17.0 Å². The molecule has 0 aliphatic rings. The Hall–Kier alpha value is -3.18. The zero-order valence-corrected chi connectivity index (χ0v) is 15.7. The molecule has 0 unspecified atom stereocenters. The highest BCUT2D eigenvalue weighted by Gasteiger charge is 2.05. The normalized spacial score (nSPS) is 10.8. The maximum absolute atomic E-state index is 12.1. The minimum absolute atomic E-state index is 0.415. The van der Waals surface area contributed by atoms with E-state index < -0.39 is 5.97 Å². The van der Waals surface area contributed by atoms with Crippen LogP contribution < -0.4 is 10.1 Å². The fraction of sp³-hybridized carbons (Fsp3) is 0.0952. The van der Waals surface area contributed by atoms with Crippen LogP contribution in [0.4, 0.5) is 11.6 Å². The highest BCUT2D eigenvalue weighted by Crippen LogP contribution is 2.21. The van der Waals surface area contributed by atoms with Crippen molar-refractivity contribution in [3.8, 4) is 5.75 Å². The molecule has 136 valence electrons. The Balaban J connectivity index is 1.68. The lowest BCUT2D eigenvalue weighted by Crippen LogP contribution is -2.04. The highest BCUT2D eigenvalue weighted by atomic mass is 35.5. The molecule has 0 radical (unpaired) electrons. The average molecular weight is 380 g/mol. The Bertz CT molecular complexity index is 982. The van der Waals surface area contributed by atoms with Gasteiger partial charge in [0.1, 0.15) is 5.75 Å². The molecule has 0 aliphatic heterocycles. The second-order valence-electron chi connectivity index (χ2n) is 5.90. The predicted molar refractivity (Wildman–Crippen MR) is 107 cm³/mol. The number of hydrogen-bond acceptors (Lipinski definition) is 5. The van der Waals surface area contributed by atoms with E-state index >= 15 is 0 Å². The van der Waals surface area contributed by atoms with Gasteiger partial charge in [-0.3, -0.25) is 0 Å². The molecule has 0 spiro atoms. The second-order valence-corrected chi connectivity index (χ2v) is 6.31. The van der Waals surface area contributed by atoms with Crippen LogP contribution in [0.3, 0.4) is 0 Å². The Morgan fingerprint density at radius 2 is 1.78 bits per heavy atom. The lowest BCUT2D eigenvalue weighted by Gasteiger charge is -2.08. The standard InChI is InChI=1S/C21H18ClN3O2/c1-14-12-15(2)24-21(23-14)25-17-7-5-8-18(13-17)27-20(26)11-10-16-6-3-4-9-19(16)22/h3-13H,1-2H3,(H,23,24,25)/b11-10+. The molecule has 0 fully saturated rings. The van der Waals surface area contributed by atoms with E-state index in [2.05, 4.69) is 15.3 Å². The molecular weight excluding hydrogens is 362 g/mol. The van der Waals surface area contributed by atoms with Gasteiger partial charge in [-0.15, -0.1) is 0 Å². The van der Waals surface area contributed by atoms with Crippen molar-refractivity contribution in [1.29, 1.82) is 0 Å². The number of aryl methyl sites for hydroxylation is 2. The molecule has 2 aromatic carbocycles. The third kappa shape index (κ3) is 5.39. The summed E-state index contributed by atoms with van der Waals surface area (Å²) < 4.78 is 5.35. The van der Waals surface area contributed by atoms with Crippen molar-refractivity contribution >= 4 is 35.3 Å². The zero-order chi connectivity index (χ0) is 19.2. The quantitative estimate of drug-likeness (QED) is 0.379. The van der Waals surface area contributed by atoms with Gasteiger partial charge in [0.25, 0.3) is 0 Å². The molecule has 6 heteroatoms. The first kappa shape index (κ1) is 18.6. The molecular formula is C21H18ClN3O2. The van der Waals surface area contributed by atoms with Gasteiger partial charge in [0, 0.05) is 34.2 Å². The molecule has 0 saturated heterocycles. The first-order valence-corrected chi connectivity index (χ1v) is 8.71. The number of hydrogen-bond donors (Lipinski definition) is 1. The van der Waals surface area contributed by atoms with E-state index in [0.29, 0.717) is 16.7 Å². The second kappa shape index (κ2) is 8.47. The number of halogens is 1. The molecule has 3 rings (SSSR count). The van der Waals surface area contributed by atoms with Crippen LogP contribution in [0.5, 0.6) is 5.75 Å². The molecule has 5 nitrogen and oxygen atoms in total. The molecule has 27 heavy (non-hydrogen) atoms. The first-order chi connectivity index (χ1) is 13.0. The summed E-state index contributed by atoms with van der Waals surface area (Å²) in [6, 6.07) is 16.2. The van der Waals surface area contributed by atoms with Gasteiger partial charge in [0.2, 0.25) is 5.95 Å². The van der Waals surface area contributed by atoms with E-state index in [1.807, 2.05) is 44.2 Å². The fourth-order valence-electron chi connectivity index (χ4n) is 2.47. The summed E-state index contributed by atoms with van der Waals surface area (Å²) in [6.07, 6.45) is 2.96. The zero-order valence-electron chi connectivity index (χ0n) is 14.9. The Morgan fingerprint density at radius 3 is 2.52 bits per heavy atom. The van der Waals surface area contributed by atoms with Crippen LogP contribution in [0, 0.1) is 13.8 Å². The predicted octanol–water partition coefficient (Wildman–Crippen LogP) is 5.11. The summed E-state index contributed by atoms with van der Waals surface area (Å²) in [7, 11) is 0. The Kier molecular flexibility index (Phi) is 5.84. The third-order valence-electron chi connectivity index (χ3n) is 3.60. The van der Waals surface area contributed by atoms with E-state index in [1.54, 1.807) is 30.3 Å². The molecule has 0 saturated carbocycles. The third-order valence-corrected chi connectivity index (χ3v) is 3.94. The molecule has 0 aliphatic carbocycles. The molecule has 0 atom stereocenters. The summed E-state index contributed by atoms with van der Waals surface area (Å²) in [5.74, 6) is 0.419. The van der Waals surface area contributed by atoms with Gasteiger partial charge in [0.05, 0.1) is 0 Å². The summed E-state index contributed by atoms with van der Waals surface area (Å²) >= 11 is 6.06. The number of ether oxygens (including phenoxy) is 1. The molecule has 1 aromatic heterocycles. The van der Waals surface area contributed by atoms with Gasteiger partial charge in [-0.1, -0.05) is 35.9 Å². The molecule has 0 amide bonds. The molecule has 3 aromatic rings. The van der Waals surface area contributed by atoms with Crippen molar-refractivity contribution in [3.05, 3.63) is 82.6 Å². The van der Waals surface area contributed by atoms with Crippen LogP contribution in [0.2, 0.25) is 5.02 Å². The summed E-state index contributed by atoms with van der Waals surface area (Å²) in [6.45, 7) is 3.81. The lowest BCUT2D eigenvalue weighted by molar-refractivity contribution is -0.128. The van der Waals surface area contributed by atoms with Crippen LogP contribution in [0.25, 0.3) is 6.08 Å². The molecule has 0 bridgehead atoms.